The van der Waals surface area contributed by atoms with Crippen molar-refractivity contribution in [1.29, 1.82) is 0 Å². The van der Waals surface area contributed by atoms with Gasteiger partial charge in [-0.15, -0.1) is 0 Å². The maximum absolute atomic E-state index is 11.6. The van der Waals surface area contributed by atoms with Gasteiger partial charge >= 0.3 is 6.09 Å². The summed E-state index contributed by atoms with van der Waals surface area (Å²) in [7, 11) is 0. The topological polar surface area (TPSA) is 99.0 Å². The van der Waals surface area contributed by atoms with E-state index in [-0.39, 0.29) is 6.61 Å². The normalized spacial score (nSPS) is 29.8. The van der Waals surface area contributed by atoms with Crippen molar-refractivity contribution >= 4 is 6.09 Å². The minimum Gasteiger partial charge on any atom is -0.445 e. The zero-order valence-electron chi connectivity index (χ0n) is 11.0. The first-order valence-electron chi connectivity index (χ1n) is 6.59. The van der Waals surface area contributed by atoms with E-state index >= 15 is 0 Å². The van der Waals surface area contributed by atoms with Crippen molar-refractivity contribution in [3.8, 4) is 0 Å². The summed E-state index contributed by atoms with van der Waals surface area (Å²) in [5.41, 5.74) is 0.863. The molecule has 4 N–H and O–H groups in total. The fourth-order valence-corrected chi connectivity index (χ4v) is 2.23. The van der Waals surface area contributed by atoms with E-state index < -0.39 is 30.4 Å². The Morgan fingerprint density at radius 1 is 1.15 bits per heavy atom. The van der Waals surface area contributed by atoms with Crippen molar-refractivity contribution in [2.75, 3.05) is 0 Å². The van der Waals surface area contributed by atoms with E-state index in [1.165, 1.54) is 0 Å². The molecule has 1 aromatic rings. The van der Waals surface area contributed by atoms with E-state index in [9.17, 15) is 20.1 Å². The molecule has 0 radical (unpaired) electrons. The van der Waals surface area contributed by atoms with Gasteiger partial charge in [0.05, 0.1) is 12.1 Å². The fraction of sp³-hybridized carbons (Fsp3) is 0.500. The number of hydrogen-bond acceptors (Lipinski definition) is 5. The second-order valence-electron chi connectivity index (χ2n) is 4.94. The Morgan fingerprint density at radius 2 is 1.85 bits per heavy atom. The first kappa shape index (κ1) is 14.8. The van der Waals surface area contributed by atoms with Crippen LogP contribution in [0.3, 0.4) is 0 Å². The van der Waals surface area contributed by atoms with Crippen molar-refractivity contribution in [2.24, 2.45) is 0 Å². The van der Waals surface area contributed by atoms with Gasteiger partial charge in [-0.05, 0) is 18.4 Å². The van der Waals surface area contributed by atoms with Gasteiger partial charge in [-0.3, -0.25) is 0 Å². The minimum absolute atomic E-state index is 0.140. The van der Waals surface area contributed by atoms with Gasteiger partial charge in [0.25, 0.3) is 0 Å². The van der Waals surface area contributed by atoms with Crippen LogP contribution in [-0.2, 0) is 11.3 Å². The zero-order valence-corrected chi connectivity index (χ0v) is 11.0. The molecule has 1 fully saturated rings. The molecule has 1 amide bonds. The highest BCUT2D eigenvalue weighted by molar-refractivity contribution is 5.67. The maximum atomic E-state index is 11.6. The van der Waals surface area contributed by atoms with Crippen LogP contribution in [0.2, 0.25) is 0 Å². The Kier molecular flexibility index (Phi) is 4.94. The van der Waals surface area contributed by atoms with Crippen molar-refractivity contribution in [1.82, 2.24) is 5.32 Å². The second kappa shape index (κ2) is 6.69. The Morgan fingerprint density at radius 3 is 2.55 bits per heavy atom. The Balaban J connectivity index is 1.80. The third kappa shape index (κ3) is 3.69. The molecule has 0 aliphatic heterocycles. The van der Waals surface area contributed by atoms with Crippen molar-refractivity contribution in [2.45, 2.75) is 43.8 Å². The van der Waals surface area contributed by atoms with Crippen molar-refractivity contribution in [3.63, 3.8) is 0 Å². The number of carbonyl (C=O) groups is 1. The van der Waals surface area contributed by atoms with E-state index in [4.69, 9.17) is 4.74 Å². The lowest BCUT2D eigenvalue weighted by atomic mass is 9.88. The smallest absolute Gasteiger partial charge is 0.407 e. The fourth-order valence-electron chi connectivity index (χ4n) is 2.23. The molecule has 1 saturated carbocycles. The second-order valence-corrected chi connectivity index (χ2v) is 4.94. The summed E-state index contributed by atoms with van der Waals surface area (Å²) in [6, 6.07) is 8.62. The molecule has 0 unspecified atom stereocenters. The van der Waals surface area contributed by atoms with E-state index in [0.29, 0.717) is 12.8 Å². The third-order valence-electron chi connectivity index (χ3n) is 3.45. The molecule has 110 valence electrons. The van der Waals surface area contributed by atoms with Crippen LogP contribution in [0.4, 0.5) is 4.79 Å². The molecular formula is C14H19NO5. The molecule has 4 atom stereocenters. The van der Waals surface area contributed by atoms with Gasteiger partial charge in [0.1, 0.15) is 18.8 Å². The molecule has 0 heterocycles. The highest BCUT2D eigenvalue weighted by Crippen LogP contribution is 2.20. The number of carbonyl (C=O) groups excluding carboxylic acids is 1. The molecule has 1 aliphatic rings. The standard InChI is InChI=1S/C14H19NO5/c16-11-7-6-10(12(17)13(11)18)15-14(19)20-8-9-4-2-1-3-5-9/h1-5,10-13,16-18H,6-8H2,(H,15,19)/t10-,11+,12+,13-/m0/s1. The van der Waals surface area contributed by atoms with Crippen LogP contribution in [0.25, 0.3) is 0 Å². The van der Waals surface area contributed by atoms with Gasteiger partial charge in [0.2, 0.25) is 0 Å². The summed E-state index contributed by atoms with van der Waals surface area (Å²) in [4.78, 5) is 11.6. The summed E-state index contributed by atoms with van der Waals surface area (Å²) in [6.07, 6.45) is -3.34. The third-order valence-corrected chi connectivity index (χ3v) is 3.45. The van der Waals surface area contributed by atoms with Crippen LogP contribution >= 0.6 is 0 Å². The molecule has 6 heteroatoms. The number of nitrogens with one attached hydrogen (secondary N) is 1. The summed E-state index contributed by atoms with van der Waals surface area (Å²) in [6.45, 7) is 0.140. The largest absolute Gasteiger partial charge is 0.445 e. The molecular weight excluding hydrogens is 262 g/mol. The average molecular weight is 281 g/mol. The molecule has 0 saturated heterocycles. The number of benzene rings is 1. The number of aliphatic hydroxyl groups excluding tert-OH is 3. The highest BCUT2D eigenvalue weighted by Gasteiger charge is 2.37. The number of alkyl carbamates (subject to hydrolysis) is 1. The van der Waals surface area contributed by atoms with Crippen LogP contribution in [0.1, 0.15) is 18.4 Å². The SMILES string of the molecule is O=C(N[C@H]1CC[C@@H](O)[C@H](O)[C@@H]1O)OCc1ccccc1. The lowest BCUT2D eigenvalue weighted by Gasteiger charge is -2.35. The van der Waals surface area contributed by atoms with E-state index in [1.54, 1.807) is 0 Å². The molecule has 2 rings (SSSR count). The average Bonchev–Trinajstić information content (AvgIpc) is 2.47. The summed E-state index contributed by atoms with van der Waals surface area (Å²) < 4.78 is 5.04. The Bertz CT molecular complexity index is 438. The molecule has 6 nitrogen and oxygen atoms in total. The minimum atomic E-state index is -1.25. The van der Waals surface area contributed by atoms with E-state index in [2.05, 4.69) is 5.32 Å². The molecule has 0 aromatic heterocycles. The number of amides is 1. The molecule has 20 heavy (non-hydrogen) atoms. The van der Waals surface area contributed by atoms with Gasteiger partial charge in [-0.25, -0.2) is 4.79 Å². The molecule has 1 aromatic carbocycles. The molecule has 0 bridgehead atoms. The van der Waals surface area contributed by atoms with Gasteiger partial charge in [0, 0.05) is 0 Å². The summed E-state index contributed by atoms with van der Waals surface area (Å²) >= 11 is 0. The zero-order chi connectivity index (χ0) is 14.5. The number of ether oxygens (including phenoxy) is 1. The highest BCUT2D eigenvalue weighted by atomic mass is 16.5. The van der Waals surface area contributed by atoms with Crippen LogP contribution in [0.15, 0.2) is 30.3 Å². The Labute approximate surface area is 117 Å². The van der Waals surface area contributed by atoms with Crippen LogP contribution in [0, 0.1) is 0 Å². The van der Waals surface area contributed by atoms with E-state index in [1.807, 2.05) is 30.3 Å². The van der Waals surface area contributed by atoms with Crippen molar-refractivity contribution < 1.29 is 24.9 Å². The van der Waals surface area contributed by atoms with Gasteiger partial charge < -0.3 is 25.4 Å². The monoisotopic (exact) mass is 281 g/mol. The quantitative estimate of drug-likeness (QED) is 0.632. The van der Waals surface area contributed by atoms with Crippen LogP contribution in [0.5, 0.6) is 0 Å². The lowest BCUT2D eigenvalue weighted by molar-refractivity contribution is -0.0972. The molecule has 1 aliphatic carbocycles. The summed E-state index contributed by atoms with van der Waals surface area (Å²) in [5, 5.41) is 31.2. The summed E-state index contributed by atoms with van der Waals surface area (Å²) in [5.74, 6) is 0. The predicted octanol–water partition coefficient (Wildman–Crippen LogP) is 0.158. The van der Waals surface area contributed by atoms with Gasteiger partial charge in [0.15, 0.2) is 0 Å². The number of aliphatic hydroxyl groups is 3. The van der Waals surface area contributed by atoms with Crippen molar-refractivity contribution in [3.05, 3.63) is 35.9 Å². The predicted molar refractivity (Wildman–Crippen MR) is 70.8 cm³/mol. The van der Waals surface area contributed by atoms with Crippen LogP contribution in [-0.4, -0.2) is 45.8 Å². The van der Waals surface area contributed by atoms with E-state index in [0.717, 1.165) is 5.56 Å². The van der Waals surface area contributed by atoms with Gasteiger partial charge in [-0.2, -0.15) is 0 Å². The molecule has 0 spiro atoms. The maximum Gasteiger partial charge on any atom is 0.407 e. The number of rotatable bonds is 3. The van der Waals surface area contributed by atoms with Crippen LogP contribution < -0.4 is 5.32 Å². The Hall–Kier alpha value is -1.63. The lowest BCUT2D eigenvalue weighted by Crippen LogP contribution is -2.55. The first-order valence-corrected chi connectivity index (χ1v) is 6.59. The first-order chi connectivity index (χ1) is 9.58. The number of hydrogen-bond donors (Lipinski definition) is 4. The van der Waals surface area contributed by atoms with Gasteiger partial charge in [-0.1, -0.05) is 30.3 Å².